The lowest BCUT2D eigenvalue weighted by Gasteiger charge is -2.48. The van der Waals surface area contributed by atoms with Crippen LogP contribution in [0.2, 0.25) is 28.2 Å². The molecule has 0 saturated carbocycles. The topological polar surface area (TPSA) is 54.4 Å². The number of carbonyl (C=O) groups is 1. The van der Waals surface area contributed by atoms with E-state index in [0.717, 1.165) is 26.9 Å². The predicted molar refractivity (Wildman–Crippen MR) is 195 cm³/mol. The Balaban J connectivity index is 1.51. The lowest BCUT2D eigenvalue weighted by Crippen LogP contribution is -2.58. The molecule has 250 valence electrons. The van der Waals surface area contributed by atoms with Gasteiger partial charge in [-0.1, -0.05) is 82.1 Å². The average Bonchev–Trinajstić information content (AvgIpc) is 3.44. The summed E-state index contributed by atoms with van der Waals surface area (Å²) >= 11 is 14.1. The molecule has 2 aromatic carbocycles. The van der Waals surface area contributed by atoms with E-state index in [0.29, 0.717) is 36.4 Å². The van der Waals surface area contributed by atoms with Crippen LogP contribution in [0.4, 0.5) is 0 Å². The van der Waals surface area contributed by atoms with Gasteiger partial charge in [0, 0.05) is 34.9 Å². The number of amides is 1. The zero-order valence-corrected chi connectivity index (χ0v) is 32.2. The summed E-state index contributed by atoms with van der Waals surface area (Å²) in [4.78, 5) is 25.2. The zero-order valence-electron chi connectivity index (χ0n) is 28.9. The maximum Gasteiger partial charge on any atom is 0.262 e. The molecule has 6 nitrogen and oxygen atoms in total. The normalized spacial score (nSPS) is 22.8. The zero-order chi connectivity index (χ0) is 33.8. The lowest BCUT2D eigenvalue weighted by atomic mass is 9.81. The minimum absolute atomic E-state index is 0.00290. The molecule has 1 fully saturated rings. The molecular weight excluding hydrogens is 653 g/mol. The fourth-order valence-corrected chi connectivity index (χ4v) is 8.92. The van der Waals surface area contributed by atoms with Gasteiger partial charge in [-0.15, -0.1) is 0 Å². The van der Waals surface area contributed by atoms with Gasteiger partial charge in [-0.2, -0.15) is 0 Å². The molecule has 3 aliphatic rings. The summed E-state index contributed by atoms with van der Waals surface area (Å²) in [5.41, 5.74) is 2.33. The van der Waals surface area contributed by atoms with Gasteiger partial charge in [0.05, 0.1) is 24.7 Å². The van der Waals surface area contributed by atoms with Gasteiger partial charge in [0.2, 0.25) is 0 Å². The molecule has 3 aliphatic heterocycles. The number of benzene rings is 2. The van der Waals surface area contributed by atoms with Crippen LogP contribution in [0.3, 0.4) is 0 Å². The van der Waals surface area contributed by atoms with E-state index in [1.54, 1.807) is 0 Å². The summed E-state index contributed by atoms with van der Waals surface area (Å²) in [5, 5.41) is 2.32. The second-order valence-electron chi connectivity index (χ2n) is 15.4. The standard InChI is InChI=1S/C36H49Cl2N3O3SSi/c1-23(2)29-30(32(42)40(24(3)4)19-36(20-43-21-36)22-44-46(9,10)34(5,6)7)45-33-39-35(8,26-13-17-28(38)18-14-26)31(41(29)33)25-11-15-27(37)16-12-25/h11-18,23-24,31H,19-22H2,1-10H3. The van der Waals surface area contributed by atoms with Gasteiger partial charge in [0.25, 0.3) is 5.91 Å². The second kappa shape index (κ2) is 12.9. The van der Waals surface area contributed by atoms with Crippen molar-refractivity contribution in [3.63, 3.8) is 0 Å². The minimum atomic E-state index is -1.97. The Morgan fingerprint density at radius 3 is 2.11 bits per heavy atom. The quantitative estimate of drug-likeness (QED) is 0.231. The summed E-state index contributed by atoms with van der Waals surface area (Å²) in [6, 6.07) is 15.8. The number of nitrogens with zero attached hydrogens (tertiary/aromatic N) is 3. The maximum absolute atomic E-state index is 14.7. The van der Waals surface area contributed by atoms with Crippen molar-refractivity contribution >= 4 is 54.4 Å². The number of carbonyl (C=O) groups excluding carboxylic acids is 1. The number of aliphatic imine (C=N–C) groups is 1. The summed E-state index contributed by atoms with van der Waals surface area (Å²) in [5.74, 6) is 0.126. The highest BCUT2D eigenvalue weighted by Gasteiger charge is 2.54. The molecule has 0 aromatic heterocycles. The van der Waals surface area contributed by atoms with Crippen molar-refractivity contribution in [2.24, 2.45) is 16.3 Å². The number of amidine groups is 1. The first kappa shape index (κ1) is 35.5. The third kappa shape index (κ3) is 6.59. The van der Waals surface area contributed by atoms with Gasteiger partial charge < -0.3 is 19.0 Å². The van der Waals surface area contributed by atoms with Crippen LogP contribution in [0.5, 0.6) is 0 Å². The number of fused-ring (bicyclic) bond motifs is 1. The number of rotatable bonds is 10. The van der Waals surface area contributed by atoms with E-state index in [4.69, 9.17) is 37.4 Å². The van der Waals surface area contributed by atoms with Crippen LogP contribution in [0, 0.1) is 11.3 Å². The molecule has 0 bridgehead atoms. The van der Waals surface area contributed by atoms with Crippen LogP contribution in [0.15, 0.2) is 64.1 Å². The molecule has 5 rings (SSSR count). The first-order chi connectivity index (χ1) is 21.4. The molecule has 2 aromatic rings. The van der Waals surface area contributed by atoms with Crippen LogP contribution in [0.25, 0.3) is 0 Å². The fraction of sp³-hybridized carbons (Fsp3) is 0.556. The third-order valence-electron chi connectivity index (χ3n) is 10.1. The molecule has 2 atom stereocenters. The molecule has 1 saturated heterocycles. The SMILES string of the molecule is CC(C)C1=C(C(=O)N(CC2(CO[Si](C)(C)C(C)(C)C)COC2)C(C)C)SC2=NC(C)(c3ccc(Cl)cc3)C(c3ccc(Cl)cc3)N21. The lowest BCUT2D eigenvalue weighted by molar-refractivity contribution is -0.157. The van der Waals surface area contributed by atoms with Gasteiger partial charge in [-0.3, -0.25) is 4.79 Å². The van der Waals surface area contributed by atoms with Crippen molar-refractivity contribution in [1.82, 2.24) is 9.80 Å². The van der Waals surface area contributed by atoms with E-state index >= 15 is 0 Å². The number of ether oxygens (including phenoxy) is 1. The van der Waals surface area contributed by atoms with Gasteiger partial charge in [-0.05, 0) is 92.0 Å². The number of halogens is 2. The molecule has 3 heterocycles. The number of thioether (sulfide) groups is 1. The average molecular weight is 703 g/mol. The maximum atomic E-state index is 14.7. The highest BCUT2D eigenvalue weighted by Crippen LogP contribution is 2.56. The summed E-state index contributed by atoms with van der Waals surface area (Å²) in [6.45, 7) is 24.4. The smallest absolute Gasteiger partial charge is 0.262 e. The summed E-state index contributed by atoms with van der Waals surface area (Å²) < 4.78 is 12.5. The molecule has 0 aliphatic carbocycles. The third-order valence-corrected chi connectivity index (χ3v) is 16.2. The highest BCUT2D eigenvalue weighted by atomic mass is 35.5. The van der Waals surface area contributed by atoms with E-state index in [2.05, 4.69) is 97.6 Å². The molecular formula is C36H49Cl2N3O3SSi. The summed E-state index contributed by atoms with van der Waals surface area (Å²) in [6.07, 6.45) is 0. The highest BCUT2D eigenvalue weighted by molar-refractivity contribution is 8.18. The van der Waals surface area contributed by atoms with Crippen molar-refractivity contribution in [3.05, 3.63) is 80.3 Å². The van der Waals surface area contributed by atoms with E-state index in [9.17, 15) is 4.79 Å². The molecule has 0 spiro atoms. The van der Waals surface area contributed by atoms with Crippen molar-refractivity contribution in [1.29, 1.82) is 0 Å². The predicted octanol–water partition coefficient (Wildman–Crippen LogP) is 9.51. The second-order valence-corrected chi connectivity index (χ2v) is 22.1. The number of hydrogen-bond acceptors (Lipinski definition) is 6. The van der Waals surface area contributed by atoms with Gasteiger partial charge >= 0.3 is 0 Å². The van der Waals surface area contributed by atoms with E-state index in [-0.39, 0.29) is 34.4 Å². The van der Waals surface area contributed by atoms with Crippen molar-refractivity contribution < 1.29 is 14.0 Å². The Morgan fingerprint density at radius 2 is 1.63 bits per heavy atom. The number of hydrogen-bond donors (Lipinski definition) is 0. The largest absolute Gasteiger partial charge is 0.416 e. The van der Waals surface area contributed by atoms with Crippen LogP contribution in [0.1, 0.15) is 72.6 Å². The van der Waals surface area contributed by atoms with Crippen LogP contribution >= 0.6 is 35.0 Å². The van der Waals surface area contributed by atoms with Gasteiger partial charge in [0.15, 0.2) is 13.5 Å². The molecule has 0 radical (unpaired) electrons. The van der Waals surface area contributed by atoms with Crippen LogP contribution < -0.4 is 0 Å². The molecule has 2 unspecified atom stereocenters. The Bertz CT molecular complexity index is 1510. The Morgan fingerprint density at radius 1 is 1.07 bits per heavy atom. The monoisotopic (exact) mass is 701 g/mol. The van der Waals surface area contributed by atoms with E-state index in [1.807, 2.05) is 29.2 Å². The first-order valence-electron chi connectivity index (χ1n) is 16.2. The summed E-state index contributed by atoms with van der Waals surface area (Å²) in [7, 11) is -1.97. The van der Waals surface area contributed by atoms with Crippen molar-refractivity contribution in [3.8, 4) is 0 Å². The Kier molecular flexibility index (Phi) is 9.95. The molecule has 1 amide bonds. The first-order valence-corrected chi connectivity index (χ1v) is 20.7. The van der Waals surface area contributed by atoms with Crippen molar-refractivity contribution in [2.45, 2.75) is 91.1 Å². The molecule has 10 heteroatoms. The Hall–Kier alpha value is -1.81. The number of allylic oxidation sites excluding steroid dienone is 1. The molecule has 46 heavy (non-hydrogen) atoms. The van der Waals surface area contributed by atoms with Crippen molar-refractivity contribution in [2.75, 3.05) is 26.4 Å². The van der Waals surface area contributed by atoms with Gasteiger partial charge in [0.1, 0.15) is 10.4 Å². The van der Waals surface area contributed by atoms with Crippen LogP contribution in [-0.2, 0) is 19.5 Å². The van der Waals surface area contributed by atoms with E-state index in [1.165, 1.54) is 11.8 Å². The van der Waals surface area contributed by atoms with Gasteiger partial charge in [-0.25, -0.2) is 4.99 Å². The van der Waals surface area contributed by atoms with E-state index < -0.39 is 13.9 Å². The van der Waals surface area contributed by atoms with Crippen LogP contribution in [-0.4, -0.2) is 61.6 Å². The molecule has 0 N–H and O–H groups in total. The minimum Gasteiger partial charge on any atom is -0.416 e. The fourth-order valence-electron chi connectivity index (χ4n) is 6.21. The Labute approximate surface area is 291 Å².